The number of carbonyl (C=O) groups is 1. The summed E-state index contributed by atoms with van der Waals surface area (Å²) in [5.41, 5.74) is 0. The van der Waals surface area contributed by atoms with E-state index in [1.807, 2.05) is 6.92 Å². The van der Waals surface area contributed by atoms with Crippen molar-refractivity contribution in [3.63, 3.8) is 0 Å². The van der Waals surface area contributed by atoms with Crippen molar-refractivity contribution in [1.82, 2.24) is 0 Å². The molecule has 1 aromatic carbocycles. The smallest absolute Gasteiger partial charge is 0.315 e. The minimum atomic E-state index is -0.350. The molecule has 4 heteroatoms. The number of hydrogen-bond donors (Lipinski definition) is 0. The molecular formula is C11H10Cl2O2. The first kappa shape index (κ1) is 12.1. The Bertz CT molecular complexity index is 386. The summed E-state index contributed by atoms with van der Waals surface area (Å²) < 4.78 is 5.02. The zero-order valence-corrected chi connectivity index (χ0v) is 9.68. The second kappa shape index (κ2) is 5.79. The Morgan fingerprint density at radius 1 is 1.47 bits per heavy atom. The van der Waals surface area contributed by atoms with Crippen LogP contribution in [0.4, 0.5) is 0 Å². The van der Waals surface area contributed by atoms with E-state index in [0.717, 1.165) is 0 Å². The molecule has 0 radical (unpaired) electrons. The first-order valence-electron chi connectivity index (χ1n) is 4.40. The molecule has 15 heavy (non-hydrogen) atoms. The van der Waals surface area contributed by atoms with E-state index < -0.39 is 0 Å². The Morgan fingerprint density at radius 2 is 2.20 bits per heavy atom. The van der Waals surface area contributed by atoms with Crippen LogP contribution >= 0.6 is 23.2 Å². The van der Waals surface area contributed by atoms with E-state index in [4.69, 9.17) is 27.9 Å². The first-order chi connectivity index (χ1) is 7.13. The Balaban J connectivity index is 2.68. The van der Waals surface area contributed by atoms with Crippen molar-refractivity contribution < 1.29 is 9.53 Å². The second-order valence-corrected chi connectivity index (χ2v) is 3.67. The highest BCUT2D eigenvalue weighted by Crippen LogP contribution is 2.27. The average Bonchev–Trinajstić information content (AvgIpc) is 2.19. The van der Waals surface area contributed by atoms with Gasteiger partial charge in [0.1, 0.15) is 5.75 Å². The third kappa shape index (κ3) is 3.94. The van der Waals surface area contributed by atoms with Crippen LogP contribution in [0.3, 0.4) is 0 Å². The van der Waals surface area contributed by atoms with Crippen LogP contribution in [0, 0.1) is 0 Å². The molecule has 0 saturated heterocycles. The summed E-state index contributed by atoms with van der Waals surface area (Å²) in [5.74, 6) is -0.0205. The average molecular weight is 245 g/mol. The molecule has 0 bridgehead atoms. The zero-order chi connectivity index (χ0) is 11.3. The first-order valence-corrected chi connectivity index (χ1v) is 5.16. The van der Waals surface area contributed by atoms with Gasteiger partial charge in [0.05, 0.1) is 11.4 Å². The van der Waals surface area contributed by atoms with Crippen molar-refractivity contribution in [2.24, 2.45) is 0 Å². The molecule has 80 valence electrons. The number of esters is 1. The minimum absolute atomic E-state index is 0.232. The minimum Gasteiger partial charge on any atom is -0.425 e. The zero-order valence-electron chi connectivity index (χ0n) is 8.17. The van der Waals surface area contributed by atoms with Gasteiger partial charge in [-0.2, -0.15) is 0 Å². The lowest BCUT2D eigenvalue weighted by Crippen LogP contribution is -2.06. The highest BCUT2D eigenvalue weighted by Gasteiger charge is 2.06. The molecular weight excluding hydrogens is 235 g/mol. The van der Waals surface area contributed by atoms with Crippen molar-refractivity contribution in [3.05, 3.63) is 40.4 Å². The number of carbonyl (C=O) groups excluding carboxylic acids is 1. The summed E-state index contributed by atoms with van der Waals surface area (Å²) in [6.45, 7) is 1.84. The van der Waals surface area contributed by atoms with Crippen LogP contribution in [0.2, 0.25) is 10.0 Å². The van der Waals surface area contributed by atoms with Crippen molar-refractivity contribution in [3.8, 4) is 5.75 Å². The number of allylic oxidation sites excluding steroid dienone is 1. The standard InChI is InChI=1S/C11H10Cl2O2/c1-2-3-4-11(14)15-10-6-5-8(12)7-9(10)13/h2-3,5-7H,4H2,1H3. The molecule has 0 N–H and O–H groups in total. The van der Waals surface area contributed by atoms with Crippen LogP contribution in [-0.2, 0) is 4.79 Å². The lowest BCUT2D eigenvalue weighted by atomic mass is 10.3. The summed E-state index contributed by atoms with van der Waals surface area (Å²) in [4.78, 5) is 11.2. The maximum Gasteiger partial charge on any atom is 0.315 e. The molecule has 0 aliphatic carbocycles. The number of rotatable bonds is 3. The third-order valence-electron chi connectivity index (χ3n) is 1.64. The lowest BCUT2D eigenvalue weighted by Gasteiger charge is -2.04. The molecule has 0 saturated carbocycles. The fraction of sp³-hybridized carbons (Fsp3) is 0.182. The van der Waals surface area contributed by atoms with Gasteiger partial charge in [-0.3, -0.25) is 4.79 Å². The predicted molar refractivity (Wildman–Crippen MR) is 61.5 cm³/mol. The maximum absolute atomic E-state index is 11.2. The molecule has 1 aromatic rings. The molecule has 0 amide bonds. The van der Waals surface area contributed by atoms with Crippen LogP contribution in [-0.4, -0.2) is 5.97 Å². The van der Waals surface area contributed by atoms with Gasteiger partial charge in [-0.25, -0.2) is 0 Å². The van der Waals surface area contributed by atoms with E-state index in [2.05, 4.69) is 0 Å². The molecule has 0 fully saturated rings. The SMILES string of the molecule is CC=CCC(=O)Oc1ccc(Cl)cc1Cl. The number of halogens is 2. The van der Waals surface area contributed by atoms with E-state index >= 15 is 0 Å². The van der Waals surface area contributed by atoms with Crippen molar-refractivity contribution in [2.45, 2.75) is 13.3 Å². The number of hydrogen-bond acceptors (Lipinski definition) is 2. The van der Waals surface area contributed by atoms with Gasteiger partial charge >= 0.3 is 5.97 Å². The van der Waals surface area contributed by atoms with E-state index in [-0.39, 0.29) is 12.4 Å². The van der Waals surface area contributed by atoms with Crippen LogP contribution in [0.5, 0.6) is 5.75 Å². The van der Waals surface area contributed by atoms with Crippen LogP contribution < -0.4 is 4.74 Å². The van der Waals surface area contributed by atoms with E-state index in [0.29, 0.717) is 15.8 Å². The van der Waals surface area contributed by atoms with Gasteiger partial charge in [0, 0.05) is 5.02 Å². The normalized spacial score (nSPS) is 10.6. The quantitative estimate of drug-likeness (QED) is 0.459. The van der Waals surface area contributed by atoms with Crippen molar-refractivity contribution in [1.29, 1.82) is 0 Å². The predicted octanol–water partition coefficient (Wildman–Crippen LogP) is 3.87. The molecule has 0 aliphatic rings. The Morgan fingerprint density at radius 3 is 2.80 bits per heavy atom. The molecule has 0 unspecified atom stereocenters. The number of benzene rings is 1. The van der Waals surface area contributed by atoms with Gasteiger partial charge in [-0.05, 0) is 25.1 Å². The fourth-order valence-corrected chi connectivity index (χ4v) is 1.38. The van der Waals surface area contributed by atoms with E-state index in [1.165, 1.54) is 6.07 Å². The molecule has 0 heterocycles. The van der Waals surface area contributed by atoms with Crippen LogP contribution in [0.1, 0.15) is 13.3 Å². The highest BCUT2D eigenvalue weighted by atomic mass is 35.5. The molecule has 0 aliphatic heterocycles. The molecule has 0 spiro atoms. The fourth-order valence-electron chi connectivity index (χ4n) is 0.936. The van der Waals surface area contributed by atoms with E-state index in [1.54, 1.807) is 24.3 Å². The Labute approximate surface area is 98.4 Å². The van der Waals surface area contributed by atoms with Gasteiger partial charge in [-0.1, -0.05) is 35.4 Å². The topological polar surface area (TPSA) is 26.3 Å². The molecule has 2 nitrogen and oxygen atoms in total. The van der Waals surface area contributed by atoms with Gasteiger partial charge in [-0.15, -0.1) is 0 Å². The third-order valence-corrected chi connectivity index (χ3v) is 2.17. The van der Waals surface area contributed by atoms with Gasteiger partial charge in [0.25, 0.3) is 0 Å². The largest absolute Gasteiger partial charge is 0.425 e. The molecule has 0 atom stereocenters. The highest BCUT2D eigenvalue weighted by molar-refractivity contribution is 6.35. The van der Waals surface area contributed by atoms with Gasteiger partial charge in [0.2, 0.25) is 0 Å². The van der Waals surface area contributed by atoms with Gasteiger partial charge < -0.3 is 4.74 Å². The van der Waals surface area contributed by atoms with E-state index in [9.17, 15) is 4.79 Å². The molecule has 1 rings (SSSR count). The molecule has 0 aromatic heterocycles. The number of ether oxygens (including phenoxy) is 1. The summed E-state index contributed by atoms with van der Waals surface area (Å²) >= 11 is 11.5. The lowest BCUT2D eigenvalue weighted by molar-refractivity contribution is -0.133. The van der Waals surface area contributed by atoms with Crippen LogP contribution in [0.15, 0.2) is 30.4 Å². The summed E-state index contributed by atoms with van der Waals surface area (Å²) in [6, 6.07) is 4.71. The summed E-state index contributed by atoms with van der Waals surface area (Å²) in [6.07, 6.45) is 3.73. The van der Waals surface area contributed by atoms with Crippen molar-refractivity contribution >= 4 is 29.2 Å². The Kier molecular flexibility index (Phi) is 4.66. The van der Waals surface area contributed by atoms with Crippen molar-refractivity contribution in [2.75, 3.05) is 0 Å². The monoisotopic (exact) mass is 244 g/mol. The van der Waals surface area contributed by atoms with Crippen LogP contribution in [0.25, 0.3) is 0 Å². The van der Waals surface area contributed by atoms with Gasteiger partial charge in [0.15, 0.2) is 0 Å². The Hall–Kier alpha value is -0.990. The summed E-state index contributed by atoms with van der Waals surface area (Å²) in [7, 11) is 0. The second-order valence-electron chi connectivity index (χ2n) is 2.82. The maximum atomic E-state index is 11.2. The summed E-state index contributed by atoms with van der Waals surface area (Å²) in [5, 5.41) is 0.838.